The number of amides is 1. The zero-order valence-electron chi connectivity index (χ0n) is 20.0. The fraction of sp³-hybridized carbons (Fsp3) is 0.321. The van der Waals surface area contributed by atoms with Crippen LogP contribution in [0.3, 0.4) is 0 Å². The lowest BCUT2D eigenvalue weighted by molar-refractivity contribution is -0.123. The van der Waals surface area contributed by atoms with Crippen LogP contribution in [-0.4, -0.2) is 30.7 Å². The molecule has 0 saturated heterocycles. The van der Waals surface area contributed by atoms with Crippen molar-refractivity contribution in [2.75, 3.05) is 19.0 Å². The number of benzene rings is 3. The van der Waals surface area contributed by atoms with E-state index < -0.39 is 6.04 Å². The smallest absolute Gasteiger partial charge is 0.237 e. The number of carbonyl (C=O) groups excluding carboxylic acids is 1. The number of rotatable bonds is 7. The van der Waals surface area contributed by atoms with E-state index in [1.165, 1.54) is 11.1 Å². The highest BCUT2D eigenvalue weighted by Crippen LogP contribution is 2.31. The molecule has 0 saturated carbocycles. The van der Waals surface area contributed by atoms with E-state index in [2.05, 4.69) is 41.0 Å². The number of methoxy groups -OCH3 is 1. The first-order valence-electron chi connectivity index (χ1n) is 11.7. The van der Waals surface area contributed by atoms with Gasteiger partial charge in [0.05, 0.1) is 19.2 Å². The van der Waals surface area contributed by atoms with Gasteiger partial charge in [-0.2, -0.15) is 0 Å². The molecule has 0 fully saturated rings. The Labute approximate surface area is 201 Å². The molecule has 1 amide bonds. The van der Waals surface area contributed by atoms with Crippen molar-refractivity contribution in [3.63, 3.8) is 0 Å². The average Bonchev–Trinajstić information content (AvgIpc) is 2.82. The van der Waals surface area contributed by atoms with Crippen LogP contribution in [0.5, 0.6) is 11.5 Å². The monoisotopic (exact) mass is 459 g/mol. The molecular formula is C28H33N3O3. The molecular weight excluding hydrogens is 426 g/mol. The molecule has 178 valence electrons. The maximum atomic E-state index is 13.0. The highest BCUT2D eigenvalue weighted by molar-refractivity contribution is 5.82. The zero-order chi connectivity index (χ0) is 24.2. The summed E-state index contributed by atoms with van der Waals surface area (Å²) < 4.78 is 5.25. The zero-order valence-corrected chi connectivity index (χ0v) is 20.0. The van der Waals surface area contributed by atoms with Crippen molar-refractivity contribution in [1.82, 2.24) is 5.32 Å². The lowest BCUT2D eigenvalue weighted by Gasteiger charge is -2.29. The summed E-state index contributed by atoms with van der Waals surface area (Å²) in [4.78, 5) is 13.0. The summed E-state index contributed by atoms with van der Waals surface area (Å²) >= 11 is 0. The Balaban J connectivity index is 1.47. The molecule has 34 heavy (non-hydrogen) atoms. The summed E-state index contributed by atoms with van der Waals surface area (Å²) in [5, 5.41) is 16.4. The minimum Gasteiger partial charge on any atom is -0.508 e. The molecule has 3 aromatic rings. The predicted octanol–water partition coefficient (Wildman–Crippen LogP) is 4.15. The van der Waals surface area contributed by atoms with E-state index >= 15 is 0 Å². The van der Waals surface area contributed by atoms with Crippen molar-refractivity contribution in [3.8, 4) is 11.5 Å². The number of ether oxygens (including phenoxy) is 1. The summed E-state index contributed by atoms with van der Waals surface area (Å²) in [7, 11) is 1.67. The number of nitrogens with two attached hydrogens (primary N) is 1. The van der Waals surface area contributed by atoms with Crippen molar-refractivity contribution in [2.24, 2.45) is 5.73 Å². The fourth-order valence-electron chi connectivity index (χ4n) is 4.69. The lowest BCUT2D eigenvalue weighted by atomic mass is 9.92. The molecule has 1 aliphatic rings. The van der Waals surface area contributed by atoms with E-state index in [0.29, 0.717) is 6.42 Å². The third-order valence-corrected chi connectivity index (χ3v) is 6.57. The van der Waals surface area contributed by atoms with Crippen LogP contribution in [0.2, 0.25) is 0 Å². The van der Waals surface area contributed by atoms with Gasteiger partial charge >= 0.3 is 0 Å². The first-order chi connectivity index (χ1) is 16.3. The Bertz CT molecular complexity index is 1150. The van der Waals surface area contributed by atoms with Gasteiger partial charge in [0.15, 0.2) is 0 Å². The van der Waals surface area contributed by atoms with Crippen LogP contribution < -0.4 is 21.1 Å². The average molecular weight is 460 g/mol. The molecule has 6 nitrogen and oxygen atoms in total. The third kappa shape index (κ3) is 5.34. The van der Waals surface area contributed by atoms with E-state index in [1.807, 2.05) is 26.0 Å². The van der Waals surface area contributed by atoms with Gasteiger partial charge in [-0.15, -0.1) is 0 Å². The largest absolute Gasteiger partial charge is 0.508 e. The number of nitrogens with one attached hydrogen (secondary N) is 2. The number of anilines is 1. The number of aromatic hydroxyl groups is 1. The van der Waals surface area contributed by atoms with E-state index in [0.717, 1.165) is 53.1 Å². The number of hydrogen-bond donors (Lipinski definition) is 4. The number of phenols is 1. The molecule has 0 radical (unpaired) electrons. The number of aryl methyl sites for hydroxylation is 2. The van der Waals surface area contributed by atoms with Gasteiger partial charge in [-0.05, 0) is 96.8 Å². The van der Waals surface area contributed by atoms with Crippen molar-refractivity contribution in [3.05, 3.63) is 88.0 Å². The summed E-state index contributed by atoms with van der Waals surface area (Å²) in [6.07, 6.45) is 2.03. The highest BCUT2D eigenvalue weighted by atomic mass is 16.5. The number of hydrogen-bond acceptors (Lipinski definition) is 5. The van der Waals surface area contributed by atoms with Crippen LogP contribution in [-0.2, 0) is 17.6 Å². The van der Waals surface area contributed by atoms with Crippen LogP contribution >= 0.6 is 0 Å². The summed E-state index contributed by atoms with van der Waals surface area (Å²) in [5.74, 6) is 0.911. The molecule has 0 aromatic heterocycles. The van der Waals surface area contributed by atoms with Gasteiger partial charge in [0, 0.05) is 12.2 Å². The second-order valence-corrected chi connectivity index (χ2v) is 9.09. The summed E-state index contributed by atoms with van der Waals surface area (Å²) in [5.41, 5.74) is 13.7. The first kappa shape index (κ1) is 23.6. The van der Waals surface area contributed by atoms with Gasteiger partial charge < -0.3 is 26.2 Å². The normalized spacial score (nSPS) is 15.7. The highest BCUT2D eigenvalue weighted by Gasteiger charge is 2.25. The lowest BCUT2D eigenvalue weighted by Crippen LogP contribution is -2.44. The van der Waals surface area contributed by atoms with E-state index in [9.17, 15) is 9.90 Å². The van der Waals surface area contributed by atoms with E-state index in [1.54, 1.807) is 19.2 Å². The Morgan fingerprint density at radius 3 is 2.47 bits per heavy atom. The van der Waals surface area contributed by atoms with E-state index in [4.69, 9.17) is 10.5 Å². The van der Waals surface area contributed by atoms with E-state index in [-0.39, 0.29) is 17.7 Å². The Kier molecular flexibility index (Phi) is 7.08. The summed E-state index contributed by atoms with van der Waals surface area (Å²) in [6, 6.07) is 17.1. The van der Waals surface area contributed by atoms with Crippen molar-refractivity contribution >= 4 is 11.6 Å². The molecule has 0 unspecified atom stereocenters. The second-order valence-electron chi connectivity index (χ2n) is 9.09. The van der Waals surface area contributed by atoms with Crippen LogP contribution in [0.15, 0.2) is 54.6 Å². The quantitative estimate of drug-likeness (QED) is 0.426. The van der Waals surface area contributed by atoms with Gasteiger partial charge in [-0.3, -0.25) is 4.79 Å². The molecule has 0 aliphatic carbocycles. The van der Waals surface area contributed by atoms with Gasteiger partial charge in [-0.1, -0.05) is 24.3 Å². The molecule has 5 N–H and O–H groups in total. The van der Waals surface area contributed by atoms with Gasteiger partial charge in [0.2, 0.25) is 5.91 Å². The maximum absolute atomic E-state index is 13.0. The third-order valence-electron chi connectivity index (χ3n) is 6.57. The molecule has 0 bridgehead atoms. The SMILES string of the molecule is COc1ccc(Cc2ccc3c(c2)[C@H](NC(=O)[C@@H](N)Cc2c(C)cc(O)cc2C)CCN3)cc1. The molecule has 6 heteroatoms. The van der Waals surface area contributed by atoms with Crippen molar-refractivity contribution in [1.29, 1.82) is 0 Å². The van der Waals surface area contributed by atoms with Crippen molar-refractivity contribution < 1.29 is 14.6 Å². The standard InChI is InChI=1S/C28H33N3O3/c1-17-12-21(32)13-18(2)23(17)16-25(29)28(33)31-27-10-11-30-26-9-6-20(15-24(26)27)14-19-4-7-22(34-3)8-5-19/h4-9,12-13,15,25,27,30,32H,10-11,14,16,29H2,1-3H3,(H,31,33)/t25-,27+/m0/s1. The molecule has 4 rings (SSSR count). The Morgan fingerprint density at radius 1 is 1.12 bits per heavy atom. The van der Waals surface area contributed by atoms with Crippen LogP contribution in [0, 0.1) is 13.8 Å². The second kappa shape index (κ2) is 10.2. The van der Waals surface area contributed by atoms with Crippen LogP contribution in [0.25, 0.3) is 0 Å². The maximum Gasteiger partial charge on any atom is 0.237 e. The number of phenolic OH excluding ortho intramolecular Hbond substituents is 1. The number of carbonyl (C=O) groups is 1. The topological polar surface area (TPSA) is 96.6 Å². The number of fused-ring (bicyclic) bond motifs is 1. The molecule has 1 aliphatic heterocycles. The molecule has 3 aromatic carbocycles. The van der Waals surface area contributed by atoms with Crippen LogP contribution in [0.4, 0.5) is 5.69 Å². The van der Waals surface area contributed by atoms with Crippen LogP contribution in [0.1, 0.15) is 45.8 Å². The van der Waals surface area contributed by atoms with Gasteiger partial charge in [0.25, 0.3) is 0 Å². The Morgan fingerprint density at radius 2 is 1.79 bits per heavy atom. The van der Waals surface area contributed by atoms with Gasteiger partial charge in [0.1, 0.15) is 11.5 Å². The van der Waals surface area contributed by atoms with Crippen molar-refractivity contribution in [2.45, 2.75) is 45.2 Å². The minimum absolute atomic E-state index is 0.0902. The molecule has 2 atom stereocenters. The minimum atomic E-state index is -0.664. The van der Waals surface area contributed by atoms with Gasteiger partial charge in [-0.25, -0.2) is 0 Å². The predicted molar refractivity (Wildman–Crippen MR) is 135 cm³/mol. The fourth-order valence-corrected chi connectivity index (χ4v) is 4.69. The first-order valence-corrected chi connectivity index (χ1v) is 11.7. The molecule has 0 spiro atoms. The summed E-state index contributed by atoms with van der Waals surface area (Å²) in [6.45, 7) is 4.65. The Hall–Kier alpha value is -3.51. The molecule has 1 heterocycles.